The minimum Gasteiger partial charge on any atom is -0.330 e. The molecule has 0 N–H and O–H groups in total. The molecule has 1 aliphatic heterocycles. The Kier molecular flexibility index (Phi) is 2.11. The van der Waals surface area contributed by atoms with Crippen molar-refractivity contribution in [3.05, 3.63) is 47.5 Å². The van der Waals surface area contributed by atoms with Crippen molar-refractivity contribution in [2.75, 3.05) is 0 Å². The molecule has 0 unspecified atom stereocenters. The van der Waals surface area contributed by atoms with Crippen molar-refractivity contribution in [2.45, 2.75) is 6.90 Å². The molecule has 0 bridgehead atoms. The number of benzene rings is 2. The number of amides is 2. The second-order valence-electron chi connectivity index (χ2n) is 4.08. The zero-order valence-electron chi connectivity index (χ0n) is 10.8. The Morgan fingerprint density at radius 1 is 1.16 bits per heavy atom. The molecule has 5 heteroatoms. The Labute approximate surface area is 109 Å². The minimum atomic E-state index is -0.955. The van der Waals surface area contributed by atoms with Gasteiger partial charge in [-0.15, -0.1) is 0 Å². The first kappa shape index (κ1) is 10.3. The summed E-state index contributed by atoms with van der Waals surface area (Å²) in [5.41, 5.74) is 0.428. The number of fused-ring (bicyclic) bond motifs is 3. The van der Waals surface area contributed by atoms with Crippen LogP contribution in [-0.4, -0.2) is 22.8 Å². The summed E-state index contributed by atoms with van der Waals surface area (Å²) in [4.78, 5) is 40.1. The fourth-order valence-corrected chi connectivity index (χ4v) is 2.17. The smallest absolute Gasteiger partial charge is 0.330 e. The standard InChI is InChI=1S/C14H9NO4/c1-8(16)19-15-13(17)11-7-6-9-4-2-3-5-10(9)12(11)14(15)18/h2-7H,1H3/i1D. The summed E-state index contributed by atoms with van der Waals surface area (Å²) in [6.07, 6.45) is 0. The third-order valence-corrected chi connectivity index (χ3v) is 2.94. The Hall–Kier alpha value is -2.69. The Morgan fingerprint density at radius 2 is 1.95 bits per heavy atom. The average Bonchev–Trinajstić information content (AvgIpc) is 2.72. The molecular weight excluding hydrogens is 246 g/mol. The van der Waals surface area contributed by atoms with Gasteiger partial charge in [0.25, 0.3) is 11.8 Å². The van der Waals surface area contributed by atoms with E-state index in [9.17, 15) is 14.4 Å². The fourth-order valence-electron chi connectivity index (χ4n) is 2.17. The summed E-state index contributed by atoms with van der Waals surface area (Å²) in [7, 11) is 0. The van der Waals surface area contributed by atoms with Crippen LogP contribution in [0.3, 0.4) is 0 Å². The highest BCUT2D eigenvalue weighted by atomic mass is 16.7. The second kappa shape index (κ2) is 3.91. The van der Waals surface area contributed by atoms with E-state index < -0.39 is 24.7 Å². The molecule has 1 aliphatic rings. The maximum Gasteiger partial charge on any atom is 0.330 e. The molecule has 0 aromatic heterocycles. The molecule has 2 amide bonds. The monoisotopic (exact) mass is 256 g/mol. The minimum absolute atomic E-state index is 0.200. The highest BCUT2D eigenvalue weighted by molar-refractivity contribution is 6.26. The van der Waals surface area contributed by atoms with E-state index in [1.165, 1.54) is 6.07 Å². The van der Waals surface area contributed by atoms with Crippen LogP contribution < -0.4 is 0 Å². The van der Waals surface area contributed by atoms with Gasteiger partial charge in [-0.2, -0.15) is 0 Å². The van der Waals surface area contributed by atoms with Gasteiger partial charge < -0.3 is 4.84 Å². The summed E-state index contributed by atoms with van der Waals surface area (Å²) in [5.74, 6) is -2.31. The molecule has 19 heavy (non-hydrogen) atoms. The third kappa shape index (κ3) is 1.59. The van der Waals surface area contributed by atoms with E-state index in [-0.39, 0.29) is 11.1 Å². The predicted molar refractivity (Wildman–Crippen MR) is 66.2 cm³/mol. The normalized spacial score (nSPS) is 14.5. The van der Waals surface area contributed by atoms with Crippen LogP contribution in [-0.2, 0) is 9.63 Å². The van der Waals surface area contributed by atoms with Gasteiger partial charge in [-0.1, -0.05) is 35.4 Å². The maximum absolute atomic E-state index is 12.2. The molecule has 0 fully saturated rings. The van der Waals surface area contributed by atoms with Crippen LogP contribution in [0.25, 0.3) is 10.8 Å². The van der Waals surface area contributed by atoms with E-state index >= 15 is 0 Å². The number of imide groups is 1. The van der Waals surface area contributed by atoms with E-state index in [0.717, 1.165) is 5.39 Å². The number of rotatable bonds is 1. The molecule has 0 saturated heterocycles. The van der Waals surface area contributed by atoms with Crippen molar-refractivity contribution in [1.82, 2.24) is 5.06 Å². The first-order chi connectivity index (χ1) is 9.63. The van der Waals surface area contributed by atoms with Gasteiger partial charge in [-0.3, -0.25) is 9.59 Å². The molecule has 94 valence electrons. The maximum atomic E-state index is 12.2. The van der Waals surface area contributed by atoms with Gasteiger partial charge in [-0.25, -0.2) is 4.79 Å². The van der Waals surface area contributed by atoms with Gasteiger partial charge >= 0.3 is 5.97 Å². The molecule has 0 aliphatic carbocycles. The summed E-state index contributed by atoms with van der Waals surface area (Å²) in [5, 5.41) is 1.88. The third-order valence-electron chi connectivity index (χ3n) is 2.94. The molecule has 0 radical (unpaired) electrons. The lowest BCUT2D eigenvalue weighted by molar-refractivity contribution is -0.165. The van der Waals surface area contributed by atoms with Crippen molar-refractivity contribution >= 4 is 28.6 Å². The quantitative estimate of drug-likeness (QED) is 0.731. The van der Waals surface area contributed by atoms with E-state index in [2.05, 4.69) is 4.84 Å². The molecule has 0 spiro atoms. The Morgan fingerprint density at radius 3 is 2.74 bits per heavy atom. The lowest BCUT2D eigenvalue weighted by Crippen LogP contribution is -2.31. The SMILES string of the molecule is [2H]CC(=O)ON1C(=O)c2ccc3ccccc3c2C1=O. The number of carbonyl (C=O) groups is 3. The van der Waals surface area contributed by atoms with Crippen molar-refractivity contribution in [3.8, 4) is 0 Å². The summed E-state index contributed by atoms with van der Waals surface area (Å²) in [6.45, 7) is -0.659. The topological polar surface area (TPSA) is 63.7 Å². The molecule has 2 aromatic rings. The van der Waals surface area contributed by atoms with Crippen molar-refractivity contribution in [3.63, 3.8) is 0 Å². The van der Waals surface area contributed by atoms with Crippen LogP contribution in [0.1, 0.15) is 29.0 Å². The zero-order chi connectivity index (χ0) is 14.3. The highest BCUT2D eigenvalue weighted by Crippen LogP contribution is 2.30. The zero-order valence-corrected chi connectivity index (χ0v) is 9.75. The number of hydroxylamine groups is 2. The van der Waals surface area contributed by atoms with E-state index in [4.69, 9.17) is 1.37 Å². The number of hydrogen-bond acceptors (Lipinski definition) is 4. The number of carbonyl (C=O) groups excluding carboxylic acids is 3. The largest absolute Gasteiger partial charge is 0.330 e. The van der Waals surface area contributed by atoms with Crippen LogP contribution in [0.2, 0.25) is 0 Å². The van der Waals surface area contributed by atoms with Crippen LogP contribution in [0.5, 0.6) is 0 Å². The Bertz CT molecular complexity index is 756. The molecule has 0 saturated carbocycles. The Balaban J connectivity index is 2.13. The van der Waals surface area contributed by atoms with E-state index in [1.54, 1.807) is 18.2 Å². The predicted octanol–water partition coefficient (Wildman–Crippen LogP) is 1.91. The van der Waals surface area contributed by atoms with Crippen LogP contribution in [0, 0.1) is 0 Å². The molecule has 0 atom stereocenters. The van der Waals surface area contributed by atoms with Gasteiger partial charge in [0.1, 0.15) is 0 Å². The van der Waals surface area contributed by atoms with Crippen molar-refractivity contribution in [1.29, 1.82) is 0 Å². The van der Waals surface area contributed by atoms with Crippen LogP contribution >= 0.6 is 0 Å². The van der Waals surface area contributed by atoms with Gasteiger partial charge in [0, 0.05) is 8.27 Å². The lowest BCUT2D eigenvalue weighted by Gasteiger charge is -2.10. The number of hydrogen-bond donors (Lipinski definition) is 0. The first-order valence-corrected chi connectivity index (χ1v) is 5.54. The van der Waals surface area contributed by atoms with Crippen LogP contribution in [0.4, 0.5) is 0 Å². The molecule has 3 rings (SSSR count). The van der Waals surface area contributed by atoms with Crippen LogP contribution in [0.15, 0.2) is 36.4 Å². The second-order valence-corrected chi connectivity index (χ2v) is 4.08. The van der Waals surface area contributed by atoms with Gasteiger partial charge in [0.05, 0.1) is 11.1 Å². The summed E-state index contributed by atoms with van der Waals surface area (Å²) < 4.78 is 6.87. The molecule has 2 aromatic carbocycles. The number of nitrogens with zero attached hydrogens (tertiary/aromatic N) is 1. The van der Waals surface area contributed by atoms with Crippen molar-refractivity contribution in [2.24, 2.45) is 0 Å². The lowest BCUT2D eigenvalue weighted by atomic mass is 10.0. The highest BCUT2D eigenvalue weighted by Gasteiger charge is 2.39. The van der Waals surface area contributed by atoms with E-state index in [1.807, 2.05) is 12.1 Å². The first-order valence-electron chi connectivity index (χ1n) is 6.24. The summed E-state index contributed by atoms with van der Waals surface area (Å²) in [6, 6.07) is 10.4. The molecule has 1 heterocycles. The van der Waals surface area contributed by atoms with Gasteiger partial charge in [0.15, 0.2) is 0 Å². The average molecular weight is 256 g/mol. The fraction of sp³-hybridized carbons (Fsp3) is 0.0714. The summed E-state index contributed by atoms with van der Waals surface area (Å²) >= 11 is 0. The van der Waals surface area contributed by atoms with Gasteiger partial charge in [0.2, 0.25) is 0 Å². The van der Waals surface area contributed by atoms with Gasteiger partial charge in [-0.05, 0) is 16.8 Å². The van der Waals surface area contributed by atoms with E-state index in [0.29, 0.717) is 10.4 Å². The molecule has 5 nitrogen and oxygen atoms in total. The molecular formula is C14H9NO4. The van der Waals surface area contributed by atoms with Crippen molar-refractivity contribution < 1.29 is 20.6 Å².